The van der Waals surface area contributed by atoms with Crippen LogP contribution in [0, 0.1) is 18.8 Å². The highest BCUT2D eigenvalue weighted by Crippen LogP contribution is 2.32. The van der Waals surface area contributed by atoms with Crippen LogP contribution >= 0.6 is 0 Å². The van der Waals surface area contributed by atoms with Gasteiger partial charge in [0, 0.05) is 25.6 Å². The minimum absolute atomic E-state index is 0.0169. The van der Waals surface area contributed by atoms with E-state index in [-0.39, 0.29) is 18.0 Å². The molecule has 144 valence electrons. The molecule has 1 atom stereocenters. The van der Waals surface area contributed by atoms with Gasteiger partial charge in [0.25, 0.3) is 5.91 Å². The molecule has 1 saturated carbocycles. The van der Waals surface area contributed by atoms with Gasteiger partial charge in [-0.05, 0) is 58.3 Å². The number of nitrogens with zero attached hydrogens (tertiary/aromatic N) is 2. The lowest BCUT2D eigenvalue weighted by Crippen LogP contribution is -2.45. The Morgan fingerprint density at radius 1 is 1.31 bits per heavy atom. The van der Waals surface area contributed by atoms with Crippen molar-refractivity contribution in [3.05, 3.63) is 17.3 Å². The second kappa shape index (κ2) is 8.10. The van der Waals surface area contributed by atoms with E-state index in [1.54, 1.807) is 4.90 Å². The summed E-state index contributed by atoms with van der Waals surface area (Å²) in [5.41, 5.74) is 0.655. The molecule has 0 radical (unpaired) electrons. The fraction of sp³-hybridized carbons (Fsp3) is 0.737. The first kappa shape index (κ1) is 18.7. The molecule has 0 aromatic carbocycles. The highest BCUT2D eigenvalue weighted by Gasteiger charge is 2.30. The van der Waals surface area contributed by atoms with Crippen LogP contribution in [0.15, 0.2) is 4.42 Å². The smallest absolute Gasteiger partial charge is 0.409 e. The number of likely N-dealkylation sites (tertiary alicyclic amines) is 1. The number of ether oxygens (including phenoxy) is 1. The molecule has 7 heteroatoms. The van der Waals surface area contributed by atoms with E-state index in [0.717, 1.165) is 19.3 Å². The van der Waals surface area contributed by atoms with Crippen LogP contribution in [0.3, 0.4) is 0 Å². The number of rotatable bonds is 6. The number of oxazole rings is 1. The Hall–Kier alpha value is -2.05. The van der Waals surface area contributed by atoms with E-state index in [0.29, 0.717) is 48.9 Å². The number of carbonyl (C=O) groups is 2. The molecule has 1 aromatic heterocycles. The van der Waals surface area contributed by atoms with Crippen molar-refractivity contribution in [1.82, 2.24) is 15.2 Å². The molecule has 1 aromatic rings. The molecule has 0 bridgehead atoms. The van der Waals surface area contributed by atoms with E-state index in [4.69, 9.17) is 9.15 Å². The van der Waals surface area contributed by atoms with Crippen LogP contribution in [0.4, 0.5) is 4.79 Å². The van der Waals surface area contributed by atoms with Crippen molar-refractivity contribution >= 4 is 12.0 Å². The van der Waals surface area contributed by atoms with Gasteiger partial charge in [-0.25, -0.2) is 9.78 Å². The molecule has 1 aliphatic carbocycles. The molecule has 7 nitrogen and oxygen atoms in total. The highest BCUT2D eigenvalue weighted by molar-refractivity contribution is 5.92. The minimum atomic E-state index is -0.247. The fourth-order valence-corrected chi connectivity index (χ4v) is 3.51. The van der Waals surface area contributed by atoms with Crippen LogP contribution in [0.5, 0.6) is 0 Å². The van der Waals surface area contributed by atoms with Gasteiger partial charge in [-0.2, -0.15) is 0 Å². The van der Waals surface area contributed by atoms with Crippen LogP contribution < -0.4 is 5.32 Å². The molecule has 1 aliphatic heterocycles. The van der Waals surface area contributed by atoms with Crippen molar-refractivity contribution < 1.29 is 18.7 Å². The Balaban J connectivity index is 1.50. The van der Waals surface area contributed by atoms with Gasteiger partial charge in [0.05, 0.1) is 12.3 Å². The molecule has 2 fully saturated rings. The van der Waals surface area contributed by atoms with Crippen molar-refractivity contribution in [3.63, 3.8) is 0 Å². The predicted octanol–water partition coefficient (Wildman–Crippen LogP) is 2.92. The summed E-state index contributed by atoms with van der Waals surface area (Å²) >= 11 is 0. The first-order chi connectivity index (χ1) is 12.5. The van der Waals surface area contributed by atoms with Gasteiger partial charge in [0.1, 0.15) is 0 Å². The molecule has 0 unspecified atom stereocenters. The number of amides is 2. The van der Waals surface area contributed by atoms with Crippen LogP contribution in [-0.2, 0) is 11.2 Å². The molecular weight excluding hydrogens is 334 g/mol. The van der Waals surface area contributed by atoms with E-state index < -0.39 is 0 Å². The fourth-order valence-electron chi connectivity index (χ4n) is 3.51. The molecule has 1 N–H and O–H groups in total. The Morgan fingerprint density at radius 3 is 2.62 bits per heavy atom. The maximum atomic E-state index is 12.6. The van der Waals surface area contributed by atoms with Crippen LogP contribution in [0.25, 0.3) is 0 Å². The molecule has 0 spiro atoms. The summed E-state index contributed by atoms with van der Waals surface area (Å²) in [5.74, 6) is 1.81. The van der Waals surface area contributed by atoms with Crippen molar-refractivity contribution in [3.8, 4) is 0 Å². The predicted molar refractivity (Wildman–Crippen MR) is 95.9 cm³/mol. The summed E-state index contributed by atoms with van der Waals surface area (Å²) in [6, 6.07) is 0.0169. The van der Waals surface area contributed by atoms with E-state index >= 15 is 0 Å². The lowest BCUT2D eigenvalue weighted by atomic mass is 9.90. The summed E-state index contributed by atoms with van der Waals surface area (Å²) in [6.45, 7) is 7.36. The highest BCUT2D eigenvalue weighted by atomic mass is 16.6. The van der Waals surface area contributed by atoms with E-state index in [1.807, 2.05) is 20.8 Å². The number of aromatic nitrogens is 1. The average molecular weight is 363 g/mol. The maximum Gasteiger partial charge on any atom is 0.409 e. The third kappa shape index (κ3) is 4.56. The van der Waals surface area contributed by atoms with E-state index in [2.05, 4.69) is 10.3 Å². The standard InChI is InChI=1S/C19H29N3O4/c1-4-25-19(24)22-9-7-15(8-10-22)12(2)21-18(23)17-13(3)20-16(26-17)11-14-5-6-14/h12,14-15H,4-11H2,1-3H3,(H,21,23)/t12-/m1/s1. The Labute approximate surface area is 154 Å². The largest absolute Gasteiger partial charge is 0.450 e. The molecule has 2 amide bonds. The van der Waals surface area contributed by atoms with Gasteiger partial charge in [-0.15, -0.1) is 0 Å². The monoisotopic (exact) mass is 363 g/mol. The van der Waals surface area contributed by atoms with Gasteiger partial charge < -0.3 is 19.4 Å². The zero-order valence-electron chi connectivity index (χ0n) is 15.9. The Bertz CT molecular complexity index is 645. The third-order valence-corrected chi connectivity index (χ3v) is 5.34. The van der Waals surface area contributed by atoms with Gasteiger partial charge in [0.2, 0.25) is 5.76 Å². The number of hydrogen-bond acceptors (Lipinski definition) is 5. The average Bonchev–Trinajstić information content (AvgIpc) is 3.35. The second-order valence-electron chi connectivity index (χ2n) is 7.46. The number of carbonyl (C=O) groups excluding carboxylic acids is 2. The van der Waals surface area contributed by atoms with Gasteiger partial charge in [-0.1, -0.05) is 0 Å². The summed E-state index contributed by atoms with van der Waals surface area (Å²) in [5, 5.41) is 3.05. The molecule has 2 heterocycles. The van der Waals surface area contributed by atoms with Crippen molar-refractivity contribution in [1.29, 1.82) is 0 Å². The van der Waals surface area contributed by atoms with Crippen LogP contribution in [0.1, 0.15) is 61.7 Å². The molecule has 1 saturated heterocycles. The van der Waals surface area contributed by atoms with Crippen LogP contribution in [0.2, 0.25) is 0 Å². The Kier molecular flexibility index (Phi) is 5.84. The number of hydrogen-bond donors (Lipinski definition) is 1. The van der Waals surface area contributed by atoms with E-state index in [9.17, 15) is 9.59 Å². The van der Waals surface area contributed by atoms with Gasteiger partial charge in [0.15, 0.2) is 5.89 Å². The normalized spacial score (nSPS) is 19.3. The lowest BCUT2D eigenvalue weighted by Gasteiger charge is -2.34. The number of nitrogens with one attached hydrogen (secondary N) is 1. The zero-order valence-corrected chi connectivity index (χ0v) is 15.9. The summed E-state index contributed by atoms with van der Waals surface area (Å²) in [7, 11) is 0. The second-order valence-corrected chi connectivity index (χ2v) is 7.46. The first-order valence-electron chi connectivity index (χ1n) is 9.66. The minimum Gasteiger partial charge on any atom is -0.450 e. The van der Waals surface area contributed by atoms with E-state index in [1.165, 1.54) is 12.8 Å². The SMILES string of the molecule is CCOC(=O)N1CCC([C@@H](C)NC(=O)c2oc(CC3CC3)nc2C)CC1. The summed E-state index contributed by atoms with van der Waals surface area (Å²) in [6.07, 6.45) is 4.74. The van der Waals surface area contributed by atoms with Gasteiger partial charge in [-0.3, -0.25) is 4.79 Å². The number of aryl methyl sites for hydroxylation is 1. The molecule has 2 aliphatic rings. The third-order valence-electron chi connectivity index (χ3n) is 5.34. The van der Waals surface area contributed by atoms with Crippen molar-refractivity contribution in [2.75, 3.05) is 19.7 Å². The number of piperidine rings is 1. The summed E-state index contributed by atoms with van der Waals surface area (Å²) in [4.78, 5) is 30.5. The quantitative estimate of drug-likeness (QED) is 0.840. The summed E-state index contributed by atoms with van der Waals surface area (Å²) < 4.78 is 10.7. The lowest BCUT2D eigenvalue weighted by molar-refractivity contribution is 0.0801. The topological polar surface area (TPSA) is 84.7 Å². The first-order valence-corrected chi connectivity index (χ1v) is 9.66. The zero-order chi connectivity index (χ0) is 18.7. The van der Waals surface area contributed by atoms with Crippen molar-refractivity contribution in [2.45, 2.75) is 58.9 Å². The van der Waals surface area contributed by atoms with Crippen molar-refractivity contribution in [2.24, 2.45) is 11.8 Å². The van der Waals surface area contributed by atoms with Gasteiger partial charge >= 0.3 is 6.09 Å². The molecule has 3 rings (SSSR count). The molecular formula is C19H29N3O4. The Morgan fingerprint density at radius 2 is 2.00 bits per heavy atom. The molecule has 26 heavy (non-hydrogen) atoms. The van der Waals surface area contributed by atoms with Crippen LogP contribution in [-0.4, -0.2) is 47.6 Å². The maximum absolute atomic E-state index is 12.6.